The molecule has 0 saturated heterocycles. The lowest BCUT2D eigenvalue weighted by atomic mass is 9.48. The van der Waals surface area contributed by atoms with E-state index in [-0.39, 0.29) is 29.1 Å². The molecule has 5 rings (SSSR count). The lowest BCUT2D eigenvalue weighted by molar-refractivity contribution is -0.141. The molecule has 1 aliphatic heterocycles. The van der Waals surface area contributed by atoms with E-state index in [9.17, 15) is 18.4 Å². The van der Waals surface area contributed by atoms with Crippen molar-refractivity contribution < 1.29 is 18.4 Å². The number of rotatable bonds is 1. The van der Waals surface area contributed by atoms with Crippen LogP contribution in [0.1, 0.15) is 51.5 Å². The lowest BCUT2D eigenvalue weighted by Crippen LogP contribution is -2.59. The van der Waals surface area contributed by atoms with E-state index in [2.05, 4.69) is 19.9 Å². The van der Waals surface area contributed by atoms with E-state index in [4.69, 9.17) is 0 Å². The summed E-state index contributed by atoms with van der Waals surface area (Å²) in [6, 6.07) is 3.62. The van der Waals surface area contributed by atoms with Crippen LogP contribution in [-0.2, 0) is 9.59 Å². The Balaban J connectivity index is 1.49. The second kappa shape index (κ2) is 6.85. The largest absolute Gasteiger partial charge is 0.338 e. The number of halogens is 2. The van der Waals surface area contributed by atoms with Gasteiger partial charge in [-0.1, -0.05) is 19.9 Å². The van der Waals surface area contributed by atoms with E-state index in [1.165, 1.54) is 12.1 Å². The molecule has 0 radical (unpaired) electrons. The zero-order valence-electron chi connectivity index (χ0n) is 18.3. The zero-order valence-corrected chi connectivity index (χ0v) is 18.3. The fraction of sp³-hybridized carbons (Fsp3) is 0.538. The minimum atomic E-state index is -0.630. The topological polar surface area (TPSA) is 37.4 Å². The summed E-state index contributed by atoms with van der Waals surface area (Å²) in [5.41, 5.74) is 0.610. The highest BCUT2D eigenvalue weighted by molar-refractivity contribution is 6.06. The number of carbonyl (C=O) groups excluding carboxylic acids is 2. The average Bonchev–Trinajstić information content (AvgIpc) is 2.95. The highest BCUT2D eigenvalue weighted by Gasteiger charge is 2.61. The standard InChI is InChI=1S/C26H29F2NO2/c1-25-9-7-23(30)29(3)22(25)5-4-19-20(25)6-8-26(2)21(19)13-16(24(26)31)10-15-11-17(27)14-18(28)12-15/h7,9-12,14,19-22H,4-6,8,13H2,1-3H3/b16-10+/t19-,20+,21+,22-,25-,26+/m1/s1. The fourth-order valence-electron chi connectivity index (χ4n) is 7.40. The average molecular weight is 426 g/mol. The monoisotopic (exact) mass is 425 g/mol. The molecule has 0 bridgehead atoms. The van der Waals surface area contributed by atoms with Gasteiger partial charge in [0.15, 0.2) is 5.78 Å². The van der Waals surface area contributed by atoms with Gasteiger partial charge < -0.3 is 4.90 Å². The van der Waals surface area contributed by atoms with Crippen LogP contribution >= 0.6 is 0 Å². The van der Waals surface area contributed by atoms with E-state index < -0.39 is 17.0 Å². The Kier molecular flexibility index (Phi) is 4.55. The summed E-state index contributed by atoms with van der Waals surface area (Å²) in [4.78, 5) is 27.6. The third kappa shape index (κ3) is 2.95. The van der Waals surface area contributed by atoms with Crippen LogP contribution in [0.2, 0.25) is 0 Å². The molecule has 1 aromatic carbocycles. The summed E-state index contributed by atoms with van der Waals surface area (Å²) < 4.78 is 27.3. The second-order valence-corrected chi connectivity index (χ2v) is 10.5. The maximum Gasteiger partial charge on any atom is 0.246 e. The molecular weight excluding hydrogens is 396 g/mol. The molecule has 1 aromatic rings. The number of Topliss-reactive ketones (excluding diaryl/α,β-unsaturated/α-hetero) is 1. The molecule has 0 aromatic heterocycles. The third-order valence-corrected chi connectivity index (χ3v) is 8.99. The minimum Gasteiger partial charge on any atom is -0.338 e. The van der Waals surface area contributed by atoms with E-state index in [1.807, 2.05) is 11.9 Å². The van der Waals surface area contributed by atoms with Gasteiger partial charge in [-0.2, -0.15) is 0 Å². The number of hydrogen-bond acceptors (Lipinski definition) is 2. The maximum atomic E-state index is 13.7. The quantitative estimate of drug-likeness (QED) is 0.583. The van der Waals surface area contributed by atoms with Gasteiger partial charge in [-0.25, -0.2) is 8.78 Å². The Morgan fingerprint density at radius 2 is 1.74 bits per heavy atom. The molecule has 0 N–H and O–H groups in total. The molecular formula is C26H29F2NO2. The molecule has 3 aliphatic carbocycles. The van der Waals surface area contributed by atoms with Crippen LogP contribution in [0.4, 0.5) is 8.78 Å². The van der Waals surface area contributed by atoms with Gasteiger partial charge in [-0.3, -0.25) is 9.59 Å². The van der Waals surface area contributed by atoms with Crippen molar-refractivity contribution in [3.05, 3.63) is 53.1 Å². The van der Waals surface area contributed by atoms with E-state index in [0.29, 0.717) is 29.4 Å². The summed E-state index contributed by atoms with van der Waals surface area (Å²) in [6.07, 6.45) is 9.93. The summed E-state index contributed by atoms with van der Waals surface area (Å²) in [6.45, 7) is 4.36. The van der Waals surface area contributed by atoms with Crippen LogP contribution in [0.5, 0.6) is 0 Å². The lowest BCUT2D eigenvalue weighted by Gasteiger charge is -2.59. The van der Waals surface area contributed by atoms with Gasteiger partial charge in [0, 0.05) is 30.0 Å². The number of carbonyl (C=O) groups is 2. The van der Waals surface area contributed by atoms with Crippen LogP contribution in [0, 0.1) is 40.2 Å². The first-order chi connectivity index (χ1) is 14.6. The van der Waals surface area contributed by atoms with Crippen LogP contribution in [0.3, 0.4) is 0 Å². The Labute approximate surface area is 182 Å². The zero-order chi connectivity index (χ0) is 22.1. The van der Waals surface area contributed by atoms with Crippen molar-refractivity contribution in [2.75, 3.05) is 7.05 Å². The van der Waals surface area contributed by atoms with Gasteiger partial charge >= 0.3 is 0 Å². The van der Waals surface area contributed by atoms with Gasteiger partial charge in [-0.15, -0.1) is 0 Å². The van der Waals surface area contributed by atoms with Gasteiger partial charge in [-0.05, 0) is 85.3 Å². The van der Waals surface area contributed by atoms with E-state index >= 15 is 0 Å². The summed E-state index contributed by atoms with van der Waals surface area (Å²) >= 11 is 0. The summed E-state index contributed by atoms with van der Waals surface area (Å²) in [5.74, 6) is 0.0206. The normalized spacial score (nSPS) is 40.7. The Hall–Kier alpha value is -2.30. The first-order valence-electron chi connectivity index (χ1n) is 11.3. The second-order valence-electron chi connectivity index (χ2n) is 10.5. The van der Waals surface area contributed by atoms with Crippen molar-refractivity contribution in [1.29, 1.82) is 0 Å². The highest BCUT2D eigenvalue weighted by Crippen LogP contribution is 2.63. The fourth-order valence-corrected chi connectivity index (χ4v) is 7.40. The smallest absolute Gasteiger partial charge is 0.246 e. The minimum absolute atomic E-state index is 0.0742. The molecule has 4 aliphatic rings. The maximum absolute atomic E-state index is 13.7. The van der Waals surface area contributed by atoms with Crippen LogP contribution in [-0.4, -0.2) is 29.7 Å². The first-order valence-corrected chi connectivity index (χ1v) is 11.3. The van der Waals surface area contributed by atoms with Crippen molar-refractivity contribution in [3.63, 3.8) is 0 Å². The number of fused-ring (bicyclic) bond motifs is 5. The molecule has 3 saturated carbocycles. The van der Waals surface area contributed by atoms with Gasteiger partial charge in [0.1, 0.15) is 11.6 Å². The molecule has 5 heteroatoms. The van der Waals surface area contributed by atoms with Crippen LogP contribution in [0.25, 0.3) is 6.08 Å². The SMILES string of the molecule is CN1C(=O)C=C[C@]2(C)[C@H]3CC[C@]4(C)C(=O)/C(=C/c5cc(F)cc(F)c5)C[C@H]4[C@@H]3CC[C@@H]12. The Bertz CT molecular complexity index is 1010. The van der Waals surface area contributed by atoms with E-state index in [0.717, 1.165) is 31.7 Å². The predicted octanol–water partition coefficient (Wildman–Crippen LogP) is 5.17. The number of nitrogens with zero attached hydrogens (tertiary/aromatic N) is 1. The molecule has 1 amide bonds. The molecule has 0 spiro atoms. The van der Waals surface area contributed by atoms with E-state index in [1.54, 1.807) is 12.2 Å². The summed E-state index contributed by atoms with van der Waals surface area (Å²) in [5, 5.41) is 0. The van der Waals surface area contributed by atoms with Crippen molar-refractivity contribution in [3.8, 4) is 0 Å². The van der Waals surface area contributed by atoms with Crippen LogP contribution < -0.4 is 0 Å². The Morgan fingerprint density at radius 1 is 1.03 bits per heavy atom. The number of hydrogen-bond donors (Lipinski definition) is 0. The Morgan fingerprint density at radius 3 is 2.45 bits per heavy atom. The third-order valence-electron chi connectivity index (χ3n) is 8.99. The molecule has 0 unspecified atom stereocenters. The number of likely N-dealkylation sites (N-methyl/N-ethyl adjacent to an activating group) is 1. The van der Waals surface area contributed by atoms with Crippen molar-refractivity contribution in [2.24, 2.45) is 28.6 Å². The number of allylic oxidation sites excluding steroid dienone is 1. The molecule has 6 atom stereocenters. The molecule has 31 heavy (non-hydrogen) atoms. The van der Waals surface area contributed by atoms with Crippen molar-refractivity contribution >= 4 is 17.8 Å². The molecule has 164 valence electrons. The first kappa shape index (κ1) is 20.6. The molecule has 3 fully saturated rings. The number of benzene rings is 1. The number of ketones is 1. The molecule has 3 nitrogen and oxygen atoms in total. The van der Waals surface area contributed by atoms with Gasteiger partial charge in [0.25, 0.3) is 0 Å². The van der Waals surface area contributed by atoms with Crippen molar-refractivity contribution in [2.45, 2.75) is 52.0 Å². The molecule has 1 heterocycles. The van der Waals surface area contributed by atoms with Gasteiger partial charge in [0.2, 0.25) is 5.91 Å². The van der Waals surface area contributed by atoms with Crippen LogP contribution in [0.15, 0.2) is 35.9 Å². The van der Waals surface area contributed by atoms with Gasteiger partial charge in [0.05, 0.1) is 0 Å². The van der Waals surface area contributed by atoms with Crippen molar-refractivity contribution in [1.82, 2.24) is 4.90 Å². The number of amides is 1. The highest BCUT2D eigenvalue weighted by atomic mass is 19.1. The predicted molar refractivity (Wildman–Crippen MR) is 115 cm³/mol. The summed E-state index contributed by atoms with van der Waals surface area (Å²) in [7, 11) is 1.90.